The molecule has 3 heteroatoms. The summed E-state index contributed by atoms with van der Waals surface area (Å²) in [6.45, 7) is 8.12. The van der Waals surface area contributed by atoms with Gasteiger partial charge in [-0.25, -0.2) is 0 Å². The van der Waals surface area contributed by atoms with Gasteiger partial charge in [0, 0.05) is 4.47 Å². The maximum Gasteiger partial charge on any atom is 0.131 e. The molecule has 1 atom stereocenters. The largest absolute Gasteiger partial charge is 0.457 e. The number of benzene rings is 2. The lowest BCUT2D eigenvalue weighted by atomic mass is 10.0. The van der Waals surface area contributed by atoms with Crippen LogP contribution in [0, 0.1) is 6.92 Å². The Kier molecular flexibility index (Phi) is 5.07. The summed E-state index contributed by atoms with van der Waals surface area (Å²) < 4.78 is 6.91. The third-order valence-corrected chi connectivity index (χ3v) is 4.13. The first-order valence-corrected chi connectivity index (χ1v) is 7.93. The van der Waals surface area contributed by atoms with Crippen molar-refractivity contribution in [2.45, 2.75) is 39.7 Å². The van der Waals surface area contributed by atoms with E-state index in [-0.39, 0.29) is 0 Å². The van der Waals surface area contributed by atoms with Crippen LogP contribution in [0.5, 0.6) is 11.5 Å². The van der Waals surface area contributed by atoms with Crippen molar-refractivity contribution in [1.29, 1.82) is 0 Å². The summed E-state index contributed by atoms with van der Waals surface area (Å²) in [5, 5.41) is 9.67. The average Bonchev–Trinajstić information content (AvgIpc) is 2.37. The molecule has 0 bridgehead atoms. The Morgan fingerprint density at radius 1 is 1.00 bits per heavy atom. The Bertz CT molecular complexity index is 633. The quantitative estimate of drug-likeness (QED) is 0.764. The summed E-state index contributed by atoms with van der Waals surface area (Å²) in [6, 6.07) is 12.0. The summed E-state index contributed by atoms with van der Waals surface area (Å²) in [5.74, 6) is 2.06. The van der Waals surface area contributed by atoms with Gasteiger partial charge in [-0.05, 0) is 54.7 Å². The van der Waals surface area contributed by atoms with E-state index in [1.54, 1.807) is 6.92 Å². The normalized spacial score (nSPS) is 12.5. The number of aliphatic hydroxyl groups is 1. The van der Waals surface area contributed by atoms with Gasteiger partial charge in [0.2, 0.25) is 0 Å². The van der Waals surface area contributed by atoms with Crippen LogP contribution in [0.15, 0.2) is 40.9 Å². The number of rotatable bonds is 4. The SMILES string of the molecule is Cc1ccc(C(C)C)c(Oc2ccc(C(C)O)c(Br)c2)c1. The Balaban J connectivity index is 2.34. The summed E-state index contributed by atoms with van der Waals surface area (Å²) in [4.78, 5) is 0. The van der Waals surface area contributed by atoms with Gasteiger partial charge in [0.05, 0.1) is 6.10 Å². The molecule has 0 fully saturated rings. The molecule has 112 valence electrons. The van der Waals surface area contributed by atoms with Crippen molar-refractivity contribution in [2.75, 3.05) is 0 Å². The second-order valence-electron chi connectivity index (χ2n) is 5.66. The van der Waals surface area contributed by atoms with Crippen LogP contribution in [-0.2, 0) is 0 Å². The first-order valence-electron chi connectivity index (χ1n) is 7.14. The zero-order valence-corrected chi connectivity index (χ0v) is 14.4. The third-order valence-electron chi connectivity index (χ3n) is 3.44. The fourth-order valence-electron chi connectivity index (χ4n) is 2.24. The average molecular weight is 349 g/mol. The molecule has 2 aromatic rings. The minimum Gasteiger partial charge on any atom is -0.457 e. The number of aliphatic hydroxyl groups excluding tert-OH is 1. The van der Waals surface area contributed by atoms with E-state index in [1.165, 1.54) is 11.1 Å². The molecule has 0 amide bonds. The minimum absolute atomic E-state index is 0.403. The van der Waals surface area contributed by atoms with Gasteiger partial charge in [-0.1, -0.05) is 48.0 Å². The highest BCUT2D eigenvalue weighted by Gasteiger charge is 2.11. The van der Waals surface area contributed by atoms with E-state index < -0.39 is 6.10 Å². The van der Waals surface area contributed by atoms with Crippen LogP contribution in [0.25, 0.3) is 0 Å². The Labute approximate surface area is 134 Å². The summed E-state index contributed by atoms with van der Waals surface area (Å²) in [5.41, 5.74) is 3.22. The van der Waals surface area contributed by atoms with Gasteiger partial charge in [0.15, 0.2) is 0 Å². The minimum atomic E-state index is -0.501. The number of ether oxygens (including phenoxy) is 1. The highest BCUT2D eigenvalue weighted by atomic mass is 79.9. The zero-order valence-electron chi connectivity index (χ0n) is 12.9. The van der Waals surface area contributed by atoms with Crippen LogP contribution in [0.2, 0.25) is 0 Å². The van der Waals surface area contributed by atoms with E-state index in [4.69, 9.17) is 4.74 Å². The lowest BCUT2D eigenvalue weighted by molar-refractivity contribution is 0.198. The zero-order chi connectivity index (χ0) is 15.6. The first kappa shape index (κ1) is 16.1. The van der Waals surface area contributed by atoms with Gasteiger partial charge < -0.3 is 9.84 Å². The topological polar surface area (TPSA) is 29.5 Å². The van der Waals surface area contributed by atoms with Crippen LogP contribution in [-0.4, -0.2) is 5.11 Å². The van der Waals surface area contributed by atoms with Gasteiger partial charge in [0.1, 0.15) is 11.5 Å². The molecule has 0 aromatic heterocycles. The van der Waals surface area contributed by atoms with Crippen molar-refractivity contribution in [2.24, 2.45) is 0 Å². The molecular weight excluding hydrogens is 328 g/mol. The van der Waals surface area contributed by atoms with Crippen LogP contribution >= 0.6 is 15.9 Å². The molecule has 2 aromatic carbocycles. The number of halogens is 1. The summed E-state index contributed by atoms with van der Waals surface area (Å²) in [7, 11) is 0. The molecule has 0 heterocycles. The second-order valence-corrected chi connectivity index (χ2v) is 6.51. The van der Waals surface area contributed by atoms with Crippen molar-refractivity contribution < 1.29 is 9.84 Å². The monoisotopic (exact) mass is 348 g/mol. The van der Waals surface area contributed by atoms with Gasteiger partial charge in [-0.15, -0.1) is 0 Å². The molecule has 1 N–H and O–H groups in total. The van der Waals surface area contributed by atoms with Gasteiger partial charge in [-0.2, -0.15) is 0 Å². The summed E-state index contributed by atoms with van der Waals surface area (Å²) in [6.07, 6.45) is -0.501. The smallest absolute Gasteiger partial charge is 0.131 e. The first-order chi connectivity index (χ1) is 9.88. The molecule has 2 rings (SSSR count). The second kappa shape index (κ2) is 6.63. The van der Waals surface area contributed by atoms with E-state index in [0.29, 0.717) is 5.92 Å². The van der Waals surface area contributed by atoms with Crippen molar-refractivity contribution >= 4 is 15.9 Å². The highest BCUT2D eigenvalue weighted by Crippen LogP contribution is 2.34. The van der Waals surface area contributed by atoms with Gasteiger partial charge >= 0.3 is 0 Å². The van der Waals surface area contributed by atoms with E-state index >= 15 is 0 Å². The van der Waals surface area contributed by atoms with E-state index in [9.17, 15) is 5.11 Å². The van der Waals surface area contributed by atoms with Crippen molar-refractivity contribution in [3.63, 3.8) is 0 Å². The predicted octanol–water partition coefficient (Wildman–Crippen LogP) is 5.73. The highest BCUT2D eigenvalue weighted by molar-refractivity contribution is 9.10. The van der Waals surface area contributed by atoms with E-state index in [1.807, 2.05) is 18.2 Å². The molecule has 2 nitrogen and oxygen atoms in total. The lowest BCUT2D eigenvalue weighted by Gasteiger charge is -2.16. The molecule has 0 aliphatic carbocycles. The molecular formula is C18H21BrO2. The number of hydrogen-bond acceptors (Lipinski definition) is 2. The van der Waals surface area contributed by atoms with Crippen LogP contribution in [0.1, 0.15) is 49.5 Å². The van der Waals surface area contributed by atoms with Gasteiger partial charge in [0.25, 0.3) is 0 Å². The molecule has 0 aliphatic heterocycles. The van der Waals surface area contributed by atoms with Crippen molar-refractivity contribution in [1.82, 2.24) is 0 Å². The molecule has 21 heavy (non-hydrogen) atoms. The number of aryl methyl sites for hydroxylation is 1. The van der Waals surface area contributed by atoms with Crippen LogP contribution in [0.3, 0.4) is 0 Å². The molecule has 0 saturated heterocycles. The Morgan fingerprint density at radius 3 is 2.24 bits per heavy atom. The van der Waals surface area contributed by atoms with Crippen molar-refractivity contribution in [3.8, 4) is 11.5 Å². The maximum atomic E-state index is 9.67. The predicted molar refractivity (Wildman–Crippen MR) is 90.1 cm³/mol. The maximum absolute atomic E-state index is 9.67. The van der Waals surface area contributed by atoms with E-state index in [2.05, 4.69) is 54.9 Å². The van der Waals surface area contributed by atoms with Gasteiger partial charge in [-0.3, -0.25) is 0 Å². The van der Waals surface area contributed by atoms with Crippen molar-refractivity contribution in [3.05, 3.63) is 57.6 Å². The molecule has 0 saturated carbocycles. The molecule has 1 unspecified atom stereocenters. The van der Waals surface area contributed by atoms with Crippen LogP contribution in [0.4, 0.5) is 0 Å². The third kappa shape index (κ3) is 3.86. The fourth-order valence-corrected chi connectivity index (χ4v) is 2.93. The molecule has 0 spiro atoms. The van der Waals surface area contributed by atoms with E-state index in [0.717, 1.165) is 21.5 Å². The fraction of sp³-hybridized carbons (Fsp3) is 0.333. The molecule has 0 radical (unpaired) electrons. The molecule has 0 aliphatic rings. The standard InChI is InChI=1S/C18H21BrO2/c1-11(2)15-7-5-12(3)9-18(15)21-14-6-8-16(13(4)20)17(19)10-14/h5-11,13,20H,1-4H3. The Morgan fingerprint density at radius 2 is 1.67 bits per heavy atom. The number of hydrogen-bond donors (Lipinski definition) is 1. The summed E-state index contributed by atoms with van der Waals surface area (Å²) >= 11 is 3.48. The lowest BCUT2D eigenvalue weighted by Crippen LogP contribution is -1.96. The Hall–Kier alpha value is -1.32. The van der Waals surface area contributed by atoms with Crippen LogP contribution < -0.4 is 4.74 Å².